The highest BCUT2D eigenvalue weighted by atomic mass is 79.9. The zero-order chi connectivity index (χ0) is 25.2. The van der Waals surface area contributed by atoms with Crippen molar-refractivity contribution in [2.75, 3.05) is 13.7 Å². The van der Waals surface area contributed by atoms with Crippen molar-refractivity contribution in [2.45, 2.75) is 0 Å². The van der Waals surface area contributed by atoms with Crippen LogP contribution < -0.4 is 15.0 Å². The number of methoxy groups -OCH3 is 1. The number of ether oxygens (including phenoxy) is 2. The highest BCUT2D eigenvalue weighted by Crippen LogP contribution is 2.33. The average molecular weight is 548 g/mol. The number of halogens is 1. The molecule has 0 spiro atoms. The fourth-order valence-corrected chi connectivity index (χ4v) is 4.20. The number of hydrogen-bond donors (Lipinski definition) is 1. The maximum atomic E-state index is 13.4. The van der Waals surface area contributed by atoms with Gasteiger partial charge < -0.3 is 19.0 Å². The predicted molar refractivity (Wildman–Crippen MR) is 138 cm³/mol. The molecule has 0 aliphatic heterocycles. The SMILES string of the molecule is COc1cccc2oc(-c3nc4ccccc4c(=O)n3N=Cc3ccc(OCC(=O)O)c(Br)c3)cc12. The molecule has 5 rings (SSSR count). The lowest BCUT2D eigenvalue weighted by Crippen LogP contribution is -2.20. The largest absolute Gasteiger partial charge is 0.496 e. The molecule has 9 nitrogen and oxygen atoms in total. The first-order chi connectivity index (χ1) is 17.4. The molecule has 180 valence electrons. The van der Waals surface area contributed by atoms with E-state index in [1.807, 2.05) is 12.1 Å². The van der Waals surface area contributed by atoms with Crippen molar-refractivity contribution < 1.29 is 23.8 Å². The van der Waals surface area contributed by atoms with Gasteiger partial charge >= 0.3 is 5.97 Å². The second-order valence-electron chi connectivity index (χ2n) is 7.67. The van der Waals surface area contributed by atoms with E-state index in [0.717, 1.165) is 5.39 Å². The molecule has 3 aromatic carbocycles. The number of aromatic nitrogens is 2. The summed E-state index contributed by atoms with van der Waals surface area (Å²) in [4.78, 5) is 28.8. The number of furan rings is 1. The number of para-hydroxylation sites is 1. The summed E-state index contributed by atoms with van der Waals surface area (Å²) in [5, 5.41) is 14.4. The maximum Gasteiger partial charge on any atom is 0.341 e. The first-order valence-electron chi connectivity index (χ1n) is 10.7. The summed E-state index contributed by atoms with van der Waals surface area (Å²) < 4.78 is 18.4. The number of fused-ring (bicyclic) bond motifs is 2. The fraction of sp³-hybridized carbons (Fsp3) is 0.0769. The molecule has 2 heterocycles. The Morgan fingerprint density at radius 1 is 1.11 bits per heavy atom. The monoisotopic (exact) mass is 547 g/mol. The number of carboxylic acids is 1. The molecule has 5 aromatic rings. The number of hydrogen-bond acceptors (Lipinski definition) is 7. The molecule has 0 saturated heterocycles. The van der Waals surface area contributed by atoms with Gasteiger partial charge in [-0.2, -0.15) is 9.78 Å². The molecule has 0 fully saturated rings. The van der Waals surface area contributed by atoms with Crippen LogP contribution in [0.15, 0.2) is 85.5 Å². The van der Waals surface area contributed by atoms with Crippen molar-refractivity contribution in [1.29, 1.82) is 0 Å². The zero-order valence-corrected chi connectivity index (χ0v) is 20.4. The van der Waals surface area contributed by atoms with Gasteiger partial charge in [0.2, 0.25) is 5.82 Å². The Balaban J connectivity index is 1.61. The van der Waals surface area contributed by atoms with E-state index in [9.17, 15) is 9.59 Å². The topological polar surface area (TPSA) is 116 Å². The summed E-state index contributed by atoms with van der Waals surface area (Å²) in [6.45, 7) is -0.462. The molecule has 36 heavy (non-hydrogen) atoms. The third-order valence-corrected chi connectivity index (χ3v) is 5.96. The minimum atomic E-state index is -1.08. The van der Waals surface area contributed by atoms with Crippen LogP contribution in [0.25, 0.3) is 33.5 Å². The van der Waals surface area contributed by atoms with E-state index in [4.69, 9.17) is 19.0 Å². The molecule has 0 atom stereocenters. The van der Waals surface area contributed by atoms with Crippen molar-refractivity contribution in [3.8, 4) is 23.1 Å². The molecular weight excluding hydrogens is 530 g/mol. The van der Waals surface area contributed by atoms with Crippen LogP contribution in [-0.4, -0.2) is 40.7 Å². The number of nitrogens with zero attached hydrogens (tertiary/aromatic N) is 3. The Labute approximate surface area is 212 Å². The number of carboxylic acid groups (broad SMARTS) is 1. The first-order valence-corrected chi connectivity index (χ1v) is 11.5. The number of rotatable bonds is 7. The average Bonchev–Trinajstić information content (AvgIpc) is 3.32. The third-order valence-electron chi connectivity index (χ3n) is 5.34. The maximum absolute atomic E-state index is 13.4. The third kappa shape index (κ3) is 4.46. The lowest BCUT2D eigenvalue weighted by atomic mass is 10.2. The van der Waals surface area contributed by atoms with E-state index < -0.39 is 12.6 Å². The Morgan fingerprint density at radius 3 is 2.72 bits per heavy atom. The number of aliphatic carboxylic acids is 1. The van der Waals surface area contributed by atoms with Crippen molar-refractivity contribution in [3.05, 3.63) is 87.1 Å². The van der Waals surface area contributed by atoms with Crippen LogP contribution in [0.3, 0.4) is 0 Å². The van der Waals surface area contributed by atoms with Crippen molar-refractivity contribution >= 4 is 50.0 Å². The van der Waals surface area contributed by atoms with Gasteiger partial charge in [-0.25, -0.2) is 9.78 Å². The van der Waals surface area contributed by atoms with Crippen LogP contribution in [0, 0.1) is 0 Å². The highest BCUT2D eigenvalue weighted by molar-refractivity contribution is 9.10. The Kier molecular flexibility index (Phi) is 6.26. The Hall–Kier alpha value is -4.44. The van der Waals surface area contributed by atoms with Crippen molar-refractivity contribution in [1.82, 2.24) is 9.66 Å². The summed E-state index contributed by atoms with van der Waals surface area (Å²) in [5.74, 6) is 0.514. The van der Waals surface area contributed by atoms with E-state index in [-0.39, 0.29) is 11.4 Å². The second-order valence-corrected chi connectivity index (χ2v) is 8.52. The van der Waals surface area contributed by atoms with Gasteiger partial charge in [-0.05, 0) is 70.0 Å². The zero-order valence-electron chi connectivity index (χ0n) is 18.8. The van der Waals surface area contributed by atoms with E-state index >= 15 is 0 Å². The molecule has 1 N–H and O–H groups in total. The van der Waals surface area contributed by atoms with Crippen LogP contribution in [0.2, 0.25) is 0 Å². The van der Waals surface area contributed by atoms with Gasteiger partial charge in [0.15, 0.2) is 12.4 Å². The molecule has 0 aliphatic rings. The van der Waals surface area contributed by atoms with E-state index in [2.05, 4.69) is 26.0 Å². The summed E-state index contributed by atoms with van der Waals surface area (Å²) >= 11 is 3.37. The Bertz CT molecular complexity index is 1710. The van der Waals surface area contributed by atoms with E-state index in [1.54, 1.807) is 61.7 Å². The van der Waals surface area contributed by atoms with Gasteiger partial charge in [-0.3, -0.25) is 4.79 Å². The number of carbonyl (C=O) groups is 1. The van der Waals surface area contributed by atoms with Gasteiger partial charge in [-0.1, -0.05) is 18.2 Å². The molecule has 0 aliphatic carbocycles. The van der Waals surface area contributed by atoms with Crippen molar-refractivity contribution in [2.24, 2.45) is 5.10 Å². The van der Waals surface area contributed by atoms with Crippen LogP contribution in [0.4, 0.5) is 0 Å². The lowest BCUT2D eigenvalue weighted by Gasteiger charge is -2.08. The molecule has 0 bridgehead atoms. The van der Waals surface area contributed by atoms with Crippen LogP contribution in [0.1, 0.15) is 5.56 Å². The van der Waals surface area contributed by atoms with Crippen LogP contribution in [-0.2, 0) is 4.79 Å². The molecule has 0 saturated carbocycles. The van der Waals surface area contributed by atoms with E-state index in [1.165, 1.54) is 10.9 Å². The fourth-order valence-electron chi connectivity index (χ4n) is 3.69. The summed E-state index contributed by atoms with van der Waals surface area (Å²) in [6, 6.07) is 19.2. The quantitative estimate of drug-likeness (QED) is 0.287. The molecule has 0 amide bonds. The minimum Gasteiger partial charge on any atom is -0.496 e. The van der Waals surface area contributed by atoms with Crippen LogP contribution >= 0.6 is 15.9 Å². The number of benzene rings is 3. The molecule has 2 aromatic heterocycles. The molecule has 0 radical (unpaired) electrons. The van der Waals surface area contributed by atoms with Gasteiger partial charge in [0, 0.05) is 0 Å². The summed E-state index contributed by atoms with van der Waals surface area (Å²) in [6.07, 6.45) is 1.50. The van der Waals surface area contributed by atoms with Gasteiger partial charge in [0.05, 0.1) is 34.1 Å². The second kappa shape index (κ2) is 9.67. The van der Waals surface area contributed by atoms with Gasteiger partial charge in [-0.15, -0.1) is 0 Å². The van der Waals surface area contributed by atoms with Gasteiger partial charge in [0.1, 0.15) is 17.1 Å². The Morgan fingerprint density at radius 2 is 1.94 bits per heavy atom. The highest BCUT2D eigenvalue weighted by Gasteiger charge is 2.18. The van der Waals surface area contributed by atoms with Crippen LogP contribution in [0.5, 0.6) is 11.5 Å². The molecule has 0 unspecified atom stereocenters. The predicted octanol–water partition coefficient (Wildman–Crippen LogP) is 4.93. The molecule has 10 heteroatoms. The van der Waals surface area contributed by atoms with Crippen molar-refractivity contribution in [3.63, 3.8) is 0 Å². The van der Waals surface area contributed by atoms with E-state index in [0.29, 0.717) is 43.8 Å². The molecular formula is C26H18BrN3O6. The normalized spacial score (nSPS) is 11.4. The van der Waals surface area contributed by atoms with Gasteiger partial charge in [0.25, 0.3) is 5.56 Å². The standard InChI is InChI=1S/C26H18BrN3O6/c1-34-20-7-4-8-21-17(20)12-23(36-21)25-29-19-6-3-2-5-16(19)26(33)30(25)28-13-15-9-10-22(18(27)11-15)35-14-24(31)32/h2-13H,14H2,1H3,(H,31,32). The summed E-state index contributed by atoms with van der Waals surface area (Å²) in [5.41, 5.74) is 1.38. The summed E-state index contributed by atoms with van der Waals surface area (Å²) in [7, 11) is 1.58. The minimum absolute atomic E-state index is 0.230. The smallest absolute Gasteiger partial charge is 0.341 e. The first kappa shape index (κ1) is 23.3. The lowest BCUT2D eigenvalue weighted by molar-refractivity contribution is -0.139.